The molecule has 0 bridgehead atoms. The lowest BCUT2D eigenvalue weighted by atomic mass is 10.1. The SMILES string of the molecule is O=c1oc2ccccc2c2c(/C=C/c3ccccc3)nn(-c3ccccc3)c12. The monoisotopic (exact) mass is 364 g/mol. The lowest BCUT2D eigenvalue weighted by Crippen LogP contribution is -2.06. The Morgan fingerprint density at radius 3 is 2.25 bits per heavy atom. The second-order valence-corrected chi connectivity index (χ2v) is 6.49. The summed E-state index contributed by atoms with van der Waals surface area (Å²) in [5.74, 6) is 0. The van der Waals surface area contributed by atoms with E-state index in [0.717, 1.165) is 27.7 Å². The van der Waals surface area contributed by atoms with Gasteiger partial charge in [-0.3, -0.25) is 0 Å². The smallest absolute Gasteiger partial charge is 0.363 e. The highest BCUT2D eigenvalue weighted by atomic mass is 16.4. The number of hydrogen-bond donors (Lipinski definition) is 0. The van der Waals surface area contributed by atoms with Crippen LogP contribution in [0.4, 0.5) is 0 Å². The molecule has 134 valence electrons. The van der Waals surface area contributed by atoms with E-state index in [1.165, 1.54) is 0 Å². The van der Waals surface area contributed by atoms with Crippen molar-refractivity contribution >= 4 is 34.0 Å². The Bertz CT molecular complexity index is 1360. The molecule has 2 aromatic heterocycles. The van der Waals surface area contributed by atoms with Gasteiger partial charge in [-0.25, -0.2) is 9.48 Å². The van der Waals surface area contributed by atoms with Crippen LogP contribution < -0.4 is 5.63 Å². The second kappa shape index (κ2) is 6.67. The van der Waals surface area contributed by atoms with E-state index in [-0.39, 0.29) is 0 Å². The molecule has 2 heterocycles. The number of benzene rings is 3. The molecule has 0 amide bonds. The quantitative estimate of drug-likeness (QED) is 0.408. The van der Waals surface area contributed by atoms with Crippen LogP contribution in [-0.4, -0.2) is 9.78 Å². The third-order valence-corrected chi connectivity index (χ3v) is 4.70. The summed E-state index contributed by atoms with van der Waals surface area (Å²) in [5.41, 5.74) is 3.21. The summed E-state index contributed by atoms with van der Waals surface area (Å²) >= 11 is 0. The number of para-hydroxylation sites is 2. The number of fused-ring (bicyclic) bond motifs is 3. The summed E-state index contributed by atoms with van der Waals surface area (Å²) in [6.07, 6.45) is 3.95. The number of aromatic nitrogens is 2. The van der Waals surface area contributed by atoms with Crippen LogP contribution in [0.3, 0.4) is 0 Å². The summed E-state index contributed by atoms with van der Waals surface area (Å²) in [5, 5.41) is 6.42. The van der Waals surface area contributed by atoms with Gasteiger partial charge in [-0.1, -0.05) is 72.8 Å². The fraction of sp³-hybridized carbons (Fsp3) is 0. The first-order chi connectivity index (χ1) is 13.8. The van der Waals surface area contributed by atoms with Crippen LogP contribution in [0, 0.1) is 0 Å². The summed E-state index contributed by atoms with van der Waals surface area (Å²) < 4.78 is 7.24. The molecule has 4 heteroatoms. The van der Waals surface area contributed by atoms with Crippen LogP contribution in [0.25, 0.3) is 39.7 Å². The molecule has 3 aromatic carbocycles. The summed E-state index contributed by atoms with van der Waals surface area (Å²) in [7, 11) is 0. The van der Waals surface area contributed by atoms with Crippen molar-refractivity contribution in [3.05, 3.63) is 107 Å². The van der Waals surface area contributed by atoms with Crippen LogP contribution >= 0.6 is 0 Å². The molecule has 28 heavy (non-hydrogen) atoms. The zero-order valence-corrected chi connectivity index (χ0v) is 14.9. The highest BCUT2D eigenvalue weighted by molar-refractivity contribution is 6.08. The van der Waals surface area contributed by atoms with Crippen LogP contribution in [0.5, 0.6) is 0 Å². The van der Waals surface area contributed by atoms with Crippen molar-refractivity contribution in [1.82, 2.24) is 9.78 Å². The van der Waals surface area contributed by atoms with Gasteiger partial charge in [0.05, 0.1) is 11.4 Å². The van der Waals surface area contributed by atoms with Crippen molar-refractivity contribution in [2.45, 2.75) is 0 Å². The molecule has 0 atom stereocenters. The maximum Gasteiger partial charge on any atom is 0.363 e. The van der Waals surface area contributed by atoms with Crippen molar-refractivity contribution in [1.29, 1.82) is 0 Å². The van der Waals surface area contributed by atoms with Gasteiger partial charge < -0.3 is 4.42 Å². The maximum atomic E-state index is 12.8. The minimum absolute atomic E-state index is 0.399. The molecule has 0 saturated heterocycles. The third kappa shape index (κ3) is 2.72. The van der Waals surface area contributed by atoms with E-state index in [0.29, 0.717) is 11.1 Å². The molecule has 0 spiro atoms. The molecule has 5 rings (SSSR count). The average molecular weight is 364 g/mol. The standard InChI is InChI=1S/C24H16N2O2/c27-24-23-22(19-13-7-8-14-21(19)28-24)20(16-15-17-9-3-1-4-10-17)25-26(23)18-11-5-2-6-12-18/h1-16H/b16-15+. The zero-order chi connectivity index (χ0) is 18.9. The van der Waals surface area contributed by atoms with E-state index < -0.39 is 5.63 Å². The summed E-state index contributed by atoms with van der Waals surface area (Å²) in [4.78, 5) is 12.8. The van der Waals surface area contributed by atoms with Crippen molar-refractivity contribution in [3.63, 3.8) is 0 Å². The topological polar surface area (TPSA) is 48.0 Å². The van der Waals surface area contributed by atoms with Crippen molar-refractivity contribution in [2.75, 3.05) is 0 Å². The molecule has 0 aliphatic carbocycles. The predicted octanol–water partition coefficient (Wildman–Crippen LogP) is 5.30. The van der Waals surface area contributed by atoms with Crippen molar-refractivity contribution < 1.29 is 4.42 Å². The Morgan fingerprint density at radius 2 is 1.46 bits per heavy atom. The van der Waals surface area contributed by atoms with E-state index in [2.05, 4.69) is 0 Å². The normalized spacial score (nSPS) is 11.6. The first-order valence-electron chi connectivity index (χ1n) is 9.04. The predicted molar refractivity (Wildman–Crippen MR) is 112 cm³/mol. The molecule has 0 radical (unpaired) electrons. The van der Waals surface area contributed by atoms with Gasteiger partial charge in [0.2, 0.25) is 0 Å². The van der Waals surface area contributed by atoms with Crippen LogP contribution in [0.1, 0.15) is 11.3 Å². The van der Waals surface area contributed by atoms with Gasteiger partial charge in [0.1, 0.15) is 5.58 Å². The Balaban J connectivity index is 1.84. The van der Waals surface area contributed by atoms with Gasteiger partial charge in [-0.2, -0.15) is 5.10 Å². The van der Waals surface area contributed by atoms with E-state index in [4.69, 9.17) is 9.52 Å². The van der Waals surface area contributed by atoms with Gasteiger partial charge >= 0.3 is 5.63 Å². The summed E-state index contributed by atoms with van der Waals surface area (Å²) in [6, 6.07) is 27.2. The molecule has 0 aliphatic rings. The van der Waals surface area contributed by atoms with E-state index in [1.54, 1.807) is 10.7 Å². The Morgan fingerprint density at radius 1 is 0.786 bits per heavy atom. The van der Waals surface area contributed by atoms with Crippen LogP contribution in [0.2, 0.25) is 0 Å². The zero-order valence-electron chi connectivity index (χ0n) is 14.9. The minimum Gasteiger partial charge on any atom is -0.421 e. The molecular weight excluding hydrogens is 348 g/mol. The summed E-state index contributed by atoms with van der Waals surface area (Å²) in [6.45, 7) is 0. The molecular formula is C24H16N2O2. The highest BCUT2D eigenvalue weighted by Crippen LogP contribution is 2.28. The fourth-order valence-corrected chi connectivity index (χ4v) is 3.41. The molecule has 0 aliphatic heterocycles. The molecule has 0 saturated carbocycles. The minimum atomic E-state index is -0.399. The van der Waals surface area contributed by atoms with Gasteiger partial charge in [0.15, 0.2) is 5.52 Å². The fourth-order valence-electron chi connectivity index (χ4n) is 3.41. The number of nitrogens with zero attached hydrogens (tertiary/aromatic N) is 2. The third-order valence-electron chi connectivity index (χ3n) is 4.70. The van der Waals surface area contributed by atoms with Crippen LogP contribution in [0.15, 0.2) is 94.1 Å². The second-order valence-electron chi connectivity index (χ2n) is 6.49. The lowest BCUT2D eigenvalue weighted by molar-refractivity contribution is 0.565. The Kier molecular flexibility index (Phi) is 3.87. The van der Waals surface area contributed by atoms with Gasteiger partial charge in [-0.05, 0) is 29.8 Å². The molecule has 4 nitrogen and oxygen atoms in total. The lowest BCUT2D eigenvalue weighted by Gasteiger charge is -2.02. The first kappa shape index (κ1) is 16.3. The number of hydrogen-bond acceptors (Lipinski definition) is 3. The van der Waals surface area contributed by atoms with Crippen molar-refractivity contribution in [3.8, 4) is 5.69 Å². The highest BCUT2D eigenvalue weighted by Gasteiger charge is 2.18. The molecule has 0 fully saturated rings. The van der Waals surface area contributed by atoms with E-state index in [1.807, 2.05) is 91.0 Å². The molecule has 5 aromatic rings. The van der Waals surface area contributed by atoms with Gasteiger partial charge in [0, 0.05) is 10.8 Å². The maximum absolute atomic E-state index is 12.8. The Labute approximate surface area is 161 Å². The first-order valence-corrected chi connectivity index (χ1v) is 9.04. The van der Waals surface area contributed by atoms with Gasteiger partial charge in [-0.15, -0.1) is 0 Å². The van der Waals surface area contributed by atoms with E-state index in [9.17, 15) is 4.79 Å². The molecule has 0 N–H and O–H groups in total. The van der Waals surface area contributed by atoms with Gasteiger partial charge in [0.25, 0.3) is 0 Å². The largest absolute Gasteiger partial charge is 0.421 e. The van der Waals surface area contributed by atoms with E-state index >= 15 is 0 Å². The average Bonchev–Trinajstić information content (AvgIpc) is 3.14. The number of rotatable bonds is 3. The van der Waals surface area contributed by atoms with Crippen molar-refractivity contribution in [2.24, 2.45) is 0 Å². The van der Waals surface area contributed by atoms with Crippen LogP contribution in [-0.2, 0) is 0 Å². The molecule has 0 unspecified atom stereocenters. The Hall–Kier alpha value is -3.92.